The van der Waals surface area contributed by atoms with Crippen molar-refractivity contribution in [1.82, 2.24) is 5.32 Å². The van der Waals surface area contributed by atoms with Crippen LogP contribution in [-0.4, -0.2) is 33.5 Å². The highest BCUT2D eigenvalue weighted by Crippen LogP contribution is 2.16. The maximum absolute atomic E-state index is 6.07. The highest BCUT2D eigenvalue weighted by molar-refractivity contribution is 6.31. The second kappa shape index (κ2) is 9.34. The maximum Gasteiger partial charge on any atom is 0.0700 e. The molecule has 18 heavy (non-hydrogen) atoms. The molecule has 0 aliphatic heterocycles. The van der Waals surface area contributed by atoms with Crippen LogP contribution in [0.1, 0.15) is 17.5 Å². The van der Waals surface area contributed by atoms with Gasteiger partial charge in [-0.25, -0.2) is 0 Å². The number of aryl methyl sites for hydroxylation is 1. The average molecular weight is 272 g/mol. The minimum absolute atomic E-state index is 0.662. The Morgan fingerprint density at radius 2 is 2.06 bits per heavy atom. The summed E-state index contributed by atoms with van der Waals surface area (Å²) in [5.41, 5.74) is 2.33. The van der Waals surface area contributed by atoms with Crippen LogP contribution in [0.4, 0.5) is 0 Å². The number of methoxy groups -OCH3 is 1. The van der Waals surface area contributed by atoms with E-state index in [0.29, 0.717) is 13.2 Å². The molecule has 1 N–H and O–H groups in total. The van der Waals surface area contributed by atoms with E-state index in [2.05, 4.69) is 11.4 Å². The monoisotopic (exact) mass is 271 g/mol. The van der Waals surface area contributed by atoms with Crippen LogP contribution < -0.4 is 5.32 Å². The minimum atomic E-state index is 0.662. The van der Waals surface area contributed by atoms with Crippen LogP contribution in [0.3, 0.4) is 0 Å². The van der Waals surface area contributed by atoms with E-state index in [-0.39, 0.29) is 0 Å². The Kier molecular flexibility index (Phi) is 8.01. The molecule has 0 saturated carbocycles. The Bertz CT molecular complexity index is 345. The molecule has 0 unspecified atom stereocenters. The van der Waals surface area contributed by atoms with Crippen LogP contribution in [0, 0.1) is 6.92 Å². The van der Waals surface area contributed by atoms with Crippen molar-refractivity contribution >= 4 is 11.6 Å². The Labute approximate surface area is 114 Å². The zero-order valence-corrected chi connectivity index (χ0v) is 11.9. The fourth-order valence-electron chi connectivity index (χ4n) is 1.52. The second-order valence-corrected chi connectivity index (χ2v) is 4.63. The first-order chi connectivity index (χ1) is 8.74. The van der Waals surface area contributed by atoms with Gasteiger partial charge in [0, 0.05) is 25.3 Å². The number of rotatable bonds is 9. The summed E-state index contributed by atoms with van der Waals surface area (Å²) >= 11 is 6.07. The standard InChI is InChI=1S/C14H22ClNO2/c1-12-4-5-13(10-14(12)15)11-16-6-3-7-18-9-8-17-2/h4-5,10,16H,3,6-9,11H2,1-2H3. The maximum atomic E-state index is 6.07. The number of benzene rings is 1. The topological polar surface area (TPSA) is 30.5 Å². The Hall–Kier alpha value is -0.610. The smallest absolute Gasteiger partial charge is 0.0700 e. The molecule has 1 rings (SSSR count). The summed E-state index contributed by atoms with van der Waals surface area (Å²) in [5.74, 6) is 0. The molecule has 0 heterocycles. The molecule has 0 atom stereocenters. The van der Waals surface area contributed by atoms with E-state index in [1.165, 1.54) is 5.56 Å². The average Bonchev–Trinajstić information content (AvgIpc) is 2.37. The first-order valence-corrected chi connectivity index (χ1v) is 6.64. The zero-order chi connectivity index (χ0) is 13.2. The lowest BCUT2D eigenvalue weighted by Crippen LogP contribution is -2.16. The molecule has 0 amide bonds. The normalized spacial score (nSPS) is 10.8. The molecular formula is C14H22ClNO2. The van der Waals surface area contributed by atoms with Crippen LogP contribution in [0.2, 0.25) is 5.02 Å². The molecule has 0 saturated heterocycles. The molecule has 0 aromatic heterocycles. The zero-order valence-electron chi connectivity index (χ0n) is 11.2. The predicted molar refractivity (Wildman–Crippen MR) is 75.2 cm³/mol. The Balaban J connectivity index is 2.05. The quantitative estimate of drug-likeness (QED) is 0.701. The molecule has 0 fully saturated rings. The summed E-state index contributed by atoms with van der Waals surface area (Å²) in [6, 6.07) is 6.16. The van der Waals surface area contributed by atoms with Crippen molar-refractivity contribution in [2.45, 2.75) is 19.9 Å². The highest BCUT2D eigenvalue weighted by atomic mass is 35.5. The molecule has 0 bridgehead atoms. The second-order valence-electron chi connectivity index (χ2n) is 4.22. The molecule has 3 nitrogen and oxygen atoms in total. The number of hydrogen-bond acceptors (Lipinski definition) is 3. The fourth-order valence-corrected chi connectivity index (χ4v) is 1.73. The van der Waals surface area contributed by atoms with Crippen LogP contribution in [0.15, 0.2) is 18.2 Å². The summed E-state index contributed by atoms with van der Waals surface area (Å²) in [5, 5.41) is 4.20. The molecule has 0 radical (unpaired) electrons. The van der Waals surface area contributed by atoms with Crippen LogP contribution in [-0.2, 0) is 16.0 Å². The van der Waals surface area contributed by atoms with E-state index in [1.807, 2.05) is 19.1 Å². The van der Waals surface area contributed by atoms with Crippen molar-refractivity contribution in [2.75, 3.05) is 33.5 Å². The van der Waals surface area contributed by atoms with Gasteiger partial charge in [-0.3, -0.25) is 0 Å². The summed E-state index contributed by atoms with van der Waals surface area (Å²) in [4.78, 5) is 0. The van der Waals surface area contributed by atoms with Crippen molar-refractivity contribution in [1.29, 1.82) is 0 Å². The summed E-state index contributed by atoms with van der Waals surface area (Å²) in [6.07, 6.45) is 1.00. The minimum Gasteiger partial charge on any atom is -0.382 e. The lowest BCUT2D eigenvalue weighted by molar-refractivity contribution is 0.0695. The van der Waals surface area contributed by atoms with Gasteiger partial charge in [0.15, 0.2) is 0 Å². The summed E-state index contributed by atoms with van der Waals surface area (Å²) < 4.78 is 10.3. The molecule has 4 heteroatoms. The fraction of sp³-hybridized carbons (Fsp3) is 0.571. The van der Waals surface area contributed by atoms with E-state index in [9.17, 15) is 0 Å². The Morgan fingerprint density at radius 1 is 1.22 bits per heavy atom. The van der Waals surface area contributed by atoms with E-state index in [1.54, 1.807) is 7.11 Å². The van der Waals surface area contributed by atoms with E-state index in [4.69, 9.17) is 21.1 Å². The lowest BCUT2D eigenvalue weighted by atomic mass is 10.1. The molecule has 102 valence electrons. The number of nitrogens with one attached hydrogen (secondary N) is 1. The SMILES string of the molecule is COCCOCCCNCc1ccc(C)c(Cl)c1. The van der Waals surface area contributed by atoms with Crippen molar-refractivity contribution in [2.24, 2.45) is 0 Å². The van der Waals surface area contributed by atoms with Crippen molar-refractivity contribution in [3.8, 4) is 0 Å². The third-order valence-corrected chi connectivity index (χ3v) is 3.05. The van der Waals surface area contributed by atoms with Gasteiger partial charge in [0.05, 0.1) is 13.2 Å². The largest absolute Gasteiger partial charge is 0.382 e. The van der Waals surface area contributed by atoms with Gasteiger partial charge in [0.1, 0.15) is 0 Å². The molecule has 1 aromatic carbocycles. The van der Waals surface area contributed by atoms with Crippen molar-refractivity contribution < 1.29 is 9.47 Å². The van der Waals surface area contributed by atoms with Gasteiger partial charge >= 0.3 is 0 Å². The van der Waals surface area contributed by atoms with Crippen LogP contribution in [0.5, 0.6) is 0 Å². The highest BCUT2D eigenvalue weighted by Gasteiger charge is 1.97. The molecule has 0 spiro atoms. The van der Waals surface area contributed by atoms with E-state index >= 15 is 0 Å². The van der Waals surface area contributed by atoms with Gasteiger partial charge < -0.3 is 14.8 Å². The molecule has 1 aromatic rings. The molecule has 0 aliphatic carbocycles. The first kappa shape index (κ1) is 15.4. The number of halogens is 1. The van der Waals surface area contributed by atoms with Crippen LogP contribution in [0.25, 0.3) is 0 Å². The van der Waals surface area contributed by atoms with Crippen molar-refractivity contribution in [3.63, 3.8) is 0 Å². The summed E-state index contributed by atoms with van der Waals surface area (Å²) in [7, 11) is 1.68. The van der Waals surface area contributed by atoms with Crippen LogP contribution >= 0.6 is 11.6 Å². The van der Waals surface area contributed by atoms with Gasteiger partial charge in [-0.15, -0.1) is 0 Å². The third kappa shape index (κ3) is 6.36. The van der Waals surface area contributed by atoms with Crippen molar-refractivity contribution in [3.05, 3.63) is 34.3 Å². The Morgan fingerprint density at radius 3 is 2.78 bits per heavy atom. The lowest BCUT2D eigenvalue weighted by Gasteiger charge is -2.07. The van der Waals surface area contributed by atoms with Gasteiger partial charge in [0.25, 0.3) is 0 Å². The first-order valence-electron chi connectivity index (χ1n) is 6.26. The summed E-state index contributed by atoms with van der Waals surface area (Å²) in [6.45, 7) is 5.90. The third-order valence-electron chi connectivity index (χ3n) is 2.64. The van der Waals surface area contributed by atoms with Gasteiger partial charge in [-0.05, 0) is 37.1 Å². The molecular weight excluding hydrogens is 250 g/mol. The van der Waals surface area contributed by atoms with E-state index < -0.39 is 0 Å². The van der Waals surface area contributed by atoms with Gasteiger partial charge in [-0.2, -0.15) is 0 Å². The predicted octanol–water partition coefficient (Wildman–Crippen LogP) is 2.79. The van der Waals surface area contributed by atoms with Gasteiger partial charge in [-0.1, -0.05) is 23.7 Å². The number of hydrogen-bond donors (Lipinski definition) is 1. The van der Waals surface area contributed by atoms with Gasteiger partial charge in [0.2, 0.25) is 0 Å². The molecule has 0 aliphatic rings. The van der Waals surface area contributed by atoms with E-state index in [0.717, 1.165) is 36.7 Å². The number of ether oxygens (including phenoxy) is 2.